The molecule has 2 N–H and O–H groups in total. The Morgan fingerprint density at radius 2 is 1.67 bits per heavy atom. The van der Waals surface area contributed by atoms with Gasteiger partial charge in [0.2, 0.25) is 8.32 Å². The number of hydrogen-bond donors (Lipinski definition) is 1. The third kappa shape index (κ3) is 5.29. The van der Waals surface area contributed by atoms with E-state index in [1.807, 2.05) is 12.1 Å². The monoisotopic (exact) mass is 307 g/mol. The molecule has 1 rings (SSSR count). The summed E-state index contributed by atoms with van der Waals surface area (Å²) in [7, 11) is -1.78. The molecule has 0 spiro atoms. The maximum Gasteiger partial charge on any atom is 0.250 e. The highest BCUT2D eigenvalue weighted by atomic mass is 28.4. The largest absolute Gasteiger partial charge is 0.544 e. The summed E-state index contributed by atoms with van der Waals surface area (Å²) in [6.45, 7) is 12.9. The van der Waals surface area contributed by atoms with Gasteiger partial charge in [-0.3, -0.25) is 0 Å². The second kappa shape index (κ2) is 6.32. The van der Waals surface area contributed by atoms with Crippen molar-refractivity contribution in [2.45, 2.75) is 64.2 Å². The van der Waals surface area contributed by atoms with Crippen LogP contribution in [0.4, 0.5) is 0 Å². The molecule has 0 aliphatic carbocycles. The fraction of sp³-hybridized carbons (Fsp3) is 0.588. The minimum absolute atomic E-state index is 0.191. The minimum atomic E-state index is -1.78. The first-order valence-electron chi connectivity index (χ1n) is 7.50. The average Bonchev–Trinajstić information content (AvgIpc) is 2.36. The molecule has 0 unspecified atom stereocenters. The second-order valence-corrected chi connectivity index (χ2v) is 12.4. The van der Waals surface area contributed by atoms with Gasteiger partial charge in [0.25, 0.3) is 0 Å². The fourth-order valence-electron chi connectivity index (χ4n) is 1.64. The Kier molecular flexibility index (Phi) is 5.39. The molecule has 0 bridgehead atoms. The summed E-state index contributed by atoms with van der Waals surface area (Å²) >= 11 is 0. The van der Waals surface area contributed by atoms with E-state index in [1.54, 1.807) is 6.92 Å². The third-order valence-electron chi connectivity index (χ3n) is 4.32. The molecule has 1 atom stereocenters. The van der Waals surface area contributed by atoms with E-state index in [0.717, 1.165) is 18.5 Å². The quantitative estimate of drug-likeness (QED) is 0.640. The second-order valence-electron chi connectivity index (χ2n) is 7.63. The third-order valence-corrected chi connectivity index (χ3v) is 8.68. The molecule has 0 heterocycles. The summed E-state index contributed by atoms with van der Waals surface area (Å²) in [5.41, 5.74) is 6.27. The molecule has 0 radical (unpaired) electrons. The molecule has 0 aliphatic heterocycles. The van der Waals surface area contributed by atoms with Gasteiger partial charge < -0.3 is 15.0 Å². The first-order valence-corrected chi connectivity index (χ1v) is 10.4. The first-order chi connectivity index (χ1) is 9.47. The van der Waals surface area contributed by atoms with Crippen LogP contribution in [0.1, 0.15) is 39.7 Å². The van der Waals surface area contributed by atoms with Gasteiger partial charge in [-0.25, -0.2) is 0 Å². The number of hydrogen-bond acceptors (Lipinski definition) is 3. The minimum Gasteiger partial charge on any atom is -0.544 e. The van der Waals surface area contributed by atoms with E-state index in [9.17, 15) is 4.79 Å². The molecule has 21 heavy (non-hydrogen) atoms. The van der Waals surface area contributed by atoms with E-state index in [2.05, 4.69) is 46.0 Å². The molecule has 1 aromatic rings. The van der Waals surface area contributed by atoms with Crippen molar-refractivity contribution in [3.8, 4) is 5.75 Å². The Morgan fingerprint density at radius 1 is 1.14 bits per heavy atom. The highest BCUT2D eigenvalue weighted by molar-refractivity contribution is 6.74. The van der Waals surface area contributed by atoms with E-state index in [-0.39, 0.29) is 5.04 Å². The van der Waals surface area contributed by atoms with Gasteiger partial charge in [0.05, 0.1) is 5.54 Å². The van der Waals surface area contributed by atoms with Gasteiger partial charge in [-0.1, -0.05) is 32.9 Å². The molecule has 1 aromatic carbocycles. The van der Waals surface area contributed by atoms with Gasteiger partial charge in [0.15, 0.2) is 0 Å². The molecule has 3 nitrogen and oxygen atoms in total. The van der Waals surface area contributed by atoms with Crippen molar-refractivity contribution in [3.05, 3.63) is 29.8 Å². The standard InChI is InChI=1S/C17H29NO2Si/c1-16(2,3)21(5,6)20-15-9-7-14(8-10-15)11-12-17(4,18)13-19/h7-10,13H,11-12,18H2,1-6H3/t17-/m1/s1. The Hall–Kier alpha value is -1.13. The normalized spacial score (nSPS) is 15.4. The van der Waals surface area contributed by atoms with Crippen LogP contribution in [0.25, 0.3) is 0 Å². The van der Waals surface area contributed by atoms with Crippen LogP contribution in [-0.4, -0.2) is 20.1 Å². The SMILES string of the molecule is CC(C)(C)[Si](C)(C)Oc1ccc(CC[C@@](C)(N)C=O)cc1. The van der Waals surface area contributed by atoms with Gasteiger partial charge in [0.1, 0.15) is 12.0 Å². The fourth-order valence-corrected chi connectivity index (χ4v) is 2.68. The van der Waals surface area contributed by atoms with Gasteiger partial charge in [-0.05, 0) is 55.6 Å². The topological polar surface area (TPSA) is 52.3 Å². The number of carbonyl (C=O) groups is 1. The first kappa shape index (κ1) is 17.9. The summed E-state index contributed by atoms with van der Waals surface area (Å²) in [6.07, 6.45) is 2.27. The van der Waals surface area contributed by atoms with Crippen LogP contribution >= 0.6 is 0 Å². The van der Waals surface area contributed by atoms with E-state index in [0.29, 0.717) is 6.42 Å². The van der Waals surface area contributed by atoms with Crippen LogP contribution in [0.2, 0.25) is 18.1 Å². The van der Waals surface area contributed by atoms with Crippen molar-refractivity contribution in [3.63, 3.8) is 0 Å². The van der Waals surface area contributed by atoms with Crippen LogP contribution in [0.5, 0.6) is 5.75 Å². The smallest absolute Gasteiger partial charge is 0.250 e. The van der Waals surface area contributed by atoms with Gasteiger partial charge >= 0.3 is 0 Å². The Bertz CT molecular complexity index is 473. The summed E-state index contributed by atoms with van der Waals surface area (Å²) in [5.74, 6) is 0.927. The van der Waals surface area contributed by atoms with E-state index in [1.165, 1.54) is 5.56 Å². The molecule has 0 saturated heterocycles. The van der Waals surface area contributed by atoms with Crippen LogP contribution in [0, 0.1) is 0 Å². The molecule has 0 saturated carbocycles. The number of aldehydes is 1. The van der Waals surface area contributed by atoms with E-state index >= 15 is 0 Å². The number of rotatable bonds is 6. The molecule has 118 valence electrons. The van der Waals surface area contributed by atoms with Crippen LogP contribution in [0.15, 0.2) is 24.3 Å². The van der Waals surface area contributed by atoms with Crippen molar-refractivity contribution < 1.29 is 9.22 Å². The number of nitrogens with two attached hydrogens (primary N) is 1. The lowest BCUT2D eigenvalue weighted by Crippen LogP contribution is -2.43. The number of benzene rings is 1. The molecule has 0 amide bonds. The van der Waals surface area contributed by atoms with Crippen LogP contribution < -0.4 is 10.2 Å². The average molecular weight is 308 g/mol. The zero-order valence-corrected chi connectivity index (χ0v) is 15.2. The molecule has 0 aromatic heterocycles. The highest BCUT2D eigenvalue weighted by Crippen LogP contribution is 2.37. The lowest BCUT2D eigenvalue weighted by Gasteiger charge is -2.36. The van der Waals surface area contributed by atoms with Crippen LogP contribution in [0.3, 0.4) is 0 Å². The Balaban J connectivity index is 2.69. The van der Waals surface area contributed by atoms with Crippen molar-refractivity contribution >= 4 is 14.6 Å². The van der Waals surface area contributed by atoms with E-state index < -0.39 is 13.9 Å². The summed E-state index contributed by atoms with van der Waals surface area (Å²) < 4.78 is 6.25. The molecule has 0 aliphatic rings. The maximum atomic E-state index is 10.8. The number of aryl methyl sites for hydroxylation is 1. The number of carbonyl (C=O) groups excluding carboxylic acids is 1. The molecule has 4 heteroatoms. The highest BCUT2D eigenvalue weighted by Gasteiger charge is 2.38. The predicted molar refractivity (Wildman–Crippen MR) is 91.2 cm³/mol. The van der Waals surface area contributed by atoms with E-state index in [4.69, 9.17) is 10.2 Å². The Morgan fingerprint density at radius 3 is 2.10 bits per heavy atom. The molecular formula is C17H29NO2Si. The maximum absolute atomic E-state index is 10.8. The van der Waals surface area contributed by atoms with Gasteiger partial charge in [-0.15, -0.1) is 0 Å². The summed E-state index contributed by atoms with van der Waals surface area (Å²) in [4.78, 5) is 10.8. The van der Waals surface area contributed by atoms with Crippen LogP contribution in [-0.2, 0) is 11.2 Å². The summed E-state index contributed by atoms with van der Waals surface area (Å²) in [6, 6.07) is 8.15. The van der Waals surface area contributed by atoms with Gasteiger partial charge in [0, 0.05) is 0 Å². The lowest BCUT2D eigenvalue weighted by atomic mass is 9.96. The Labute approximate surface area is 130 Å². The zero-order valence-electron chi connectivity index (χ0n) is 14.2. The summed E-state index contributed by atoms with van der Waals surface area (Å²) in [5, 5.41) is 0.191. The molecule has 0 fully saturated rings. The zero-order chi connectivity index (χ0) is 16.3. The molecular weight excluding hydrogens is 278 g/mol. The van der Waals surface area contributed by atoms with Crippen molar-refractivity contribution in [2.75, 3.05) is 0 Å². The van der Waals surface area contributed by atoms with Crippen molar-refractivity contribution in [1.82, 2.24) is 0 Å². The predicted octanol–water partition coefficient (Wildman–Crippen LogP) is 3.92. The lowest BCUT2D eigenvalue weighted by molar-refractivity contribution is -0.111. The van der Waals surface area contributed by atoms with Gasteiger partial charge in [-0.2, -0.15) is 0 Å². The van der Waals surface area contributed by atoms with Crippen molar-refractivity contribution in [2.24, 2.45) is 5.73 Å². The van der Waals surface area contributed by atoms with Crippen molar-refractivity contribution in [1.29, 1.82) is 0 Å².